The van der Waals surface area contributed by atoms with Gasteiger partial charge in [-0.1, -0.05) is 25.7 Å². The first-order chi connectivity index (χ1) is 17.4. The van der Waals surface area contributed by atoms with Crippen LogP contribution in [0, 0.1) is 11.8 Å². The highest BCUT2D eigenvalue weighted by molar-refractivity contribution is 5.91. The maximum absolute atomic E-state index is 13.5. The molecule has 4 rings (SSSR count). The summed E-state index contributed by atoms with van der Waals surface area (Å²) in [6.07, 6.45) is 7.43. The molecule has 11 nitrogen and oxygen atoms in total. The third-order valence-corrected chi connectivity index (χ3v) is 7.78. The van der Waals surface area contributed by atoms with E-state index in [4.69, 9.17) is 0 Å². The lowest BCUT2D eigenvalue weighted by atomic mass is 9.91. The normalized spacial score (nSPS) is 24.2. The number of rotatable bonds is 10. The van der Waals surface area contributed by atoms with Crippen LogP contribution in [0.25, 0.3) is 0 Å². The molecule has 198 valence electrons. The third kappa shape index (κ3) is 6.37. The summed E-state index contributed by atoms with van der Waals surface area (Å²) in [5.41, 5.74) is 3.71. The molecule has 11 heteroatoms. The summed E-state index contributed by atoms with van der Waals surface area (Å²) >= 11 is 0. The number of hydrogen-bond donors (Lipinski definition) is 2. The summed E-state index contributed by atoms with van der Waals surface area (Å²) < 4.78 is 0. The van der Waals surface area contributed by atoms with E-state index in [0.29, 0.717) is 48.5 Å². The zero-order valence-electron chi connectivity index (χ0n) is 21.4. The molecule has 2 N–H and O–H groups in total. The summed E-state index contributed by atoms with van der Waals surface area (Å²) in [6, 6.07) is 1.58. The van der Waals surface area contributed by atoms with Crippen LogP contribution in [0.5, 0.6) is 0 Å². The van der Waals surface area contributed by atoms with Gasteiger partial charge in [0.1, 0.15) is 18.2 Å². The molecule has 1 aliphatic carbocycles. The number of nitrogens with zero attached hydrogens (tertiary/aromatic N) is 6. The predicted octanol–water partition coefficient (Wildman–Crippen LogP) is 0.878. The Labute approximate surface area is 212 Å². The number of aromatic nitrogens is 2. The Morgan fingerprint density at radius 2 is 2.03 bits per heavy atom. The summed E-state index contributed by atoms with van der Waals surface area (Å²) in [6.45, 7) is 5.36. The standard InChI is InChI=1S/C25H39N7O4/c1-18-14-29(2)9-10-31(18)24-13-21(26-16-27-24)12-23(34)22-7-8-28-32(22)25(35)20(15-30(36)17-33)11-19-5-3-4-6-19/h13,16-20,22,28,36H,3-12,14-15H2,1-2H3/t18-,20-,22+/m1/s1. The topological polar surface area (TPSA) is 122 Å². The highest BCUT2D eigenvalue weighted by atomic mass is 16.5. The number of nitrogens with one attached hydrogen (secondary N) is 1. The quantitative estimate of drug-likeness (QED) is 0.273. The second-order valence-electron chi connectivity index (χ2n) is 10.5. The maximum Gasteiger partial charge on any atom is 0.242 e. The monoisotopic (exact) mass is 501 g/mol. The van der Waals surface area contributed by atoms with Crippen LogP contribution in [0.2, 0.25) is 0 Å². The number of hydroxylamine groups is 2. The molecule has 1 aromatic rings. The van der Waals surface area contributed by atoms with Crippen molar-refractivity contribution in [2.45, 2.75) is 64.0 Å². The number of carbonyl (C=O) groups excluding carboxylic acids is 3. The largest absolute Gasteiger partial charge is 0.351 e. The molecular formula is C25H39N7O4. The lowest BCUT2D eigenvalue weighted by Gasteiger charge is -2.39. The Hall–Kier alpha value is -2.63. The minimum absolute atomic E-state index is 0.0730. The number of likely N-dealkylation sites (N-methyl/N-ethyl adjacent to an activating group) is 1. The zero-order valence-corrected chi connectivity index (χ0v) is 21.4. The van der Waals surface area contributed by atoms with E-state index in [0.717, 1.165) is 51.1 Å². The van der Waals surface area contributed by atoms with Crippen LogP contribution in [0.4, 0.5) is 5.82 Å². The van der Waals surface area contributed by atoms with E-state index in [1.54, 1.807) is 0 Å². The van der Waals surface area contributed by atoms with Gasteiger partial charge in [0.2, 0.25) is 12.3 Å². The number of anilines is 1. The van der Waals surface area contributed by atoms with Gasteiger partial charge in [-0.2, -0.15) is 0 Å². The fourth-order valence-corrected chi connectivity index (χ4v) is 5.88. The summed E-state index contributed by atoms with van der Waals surface area (Å²) in [5.74, 6) is 0.328. The summed E-state index contributed by atoms with van der Waals surface area (Å²) in [5, 5.41) is 11.8. The lowest BCUT2D eigenvalue weighted by Crippen LogP contribution is -2.51. The smallest absolute Gasteiger partial charge is 0.242 e. The van der Waals surface area contributed by atoms with Gasteiger partial charge in [0.05, 0.1) is 24.6 Å². The molecule has 0 radical (unpaired) electrons. The maximum atomic E-state index is 13.5. The van der Waals surface area contributed by atoms with Crippen LogP contribution >= 0.6 is 0 Å². The van der Waals surface area contributed by atoms with Crippen LogP contribution in [0.1, 0.15) is 51.1 Å². The van der Waals surface area contributed by atoms with E-state index in [2.05, 4.69) is 39.2 Å². The minimum Gasteiger partial charge on any atom is -0.351 e. The average molecular weight is 502 g/mol. The van der Waals surface area contributed by atoms with Crippen molar-refractivity contribution in [2.24, 2.45) is 11.8 Å². The Morgan fingerprint density at radius 3 is 2.75 bits per heavy atom. The molecule has 36 heavy (non-hydrogen) atoms. The van der Waals surface area contributed by atoms with E-state index in [-0.39, 0.29) is 24.7 Å². The SMILES string of the molecule is C[C@@H]1CN(C)CCN1c1cc(CC(=O)[C@@H]2CCNN2C(=O)[C@H](CC2CCCC2)CN(O)C=O)ncn1. The highest BCUT2D eigenvalue weighted by Crippen LogP contribution is 2.32. The minimum atomic E-state index is -0.604. The van der Waals surface area contributed by atoms with Gasteiger partial charge < -0.3 is 9.80 Å². The van der Waals surface area contributed by atoms with Crippen molar-refractivity contribution in [1.82, 2.24) is 30.4 Å². The van der Waals surface area contributed by atoms with E-state index in [1.807, 2.05) is 6.07 Å². The Morgan fingerprint density at radius 1 is 1.25 bits per heavy atom. The summed E-state index contributed by atoms with van der Waals surface area (Å²) in [7, 11) is 2.11. The molecule has 2 amide bonds. The van der Waals surface area contributed by atoms with Gasteiger partial charge in [0.25, 0.3) is 0 Å². The number of piperazine rings is 1. The molecule has 3 atom stereocenters. The first kappa shape index (κ1) is 26.4. The number of Topliss-reactive ketones (excluding diaryl/α,β-unsaturated/α-hetero) is 1. The van der Waals surface area contributed by atoms with Gasteiger partial charge in [-0.05, 0) is 32.7 Å². The van der Waals surface area contributed by atoms with E-state index in [9.17, 15) is 19.6 Å². The second-order valence-corrected chi connectivity index (χ2v) is 10.5. The van der Waals surface area contributed by atoms with Crippen LogP contribution in [0.15, 0.2) is 12.4 Å². The molecule has 3 heterocycles. The number of hydrogen-bond acceptors (Lipinski definition) is 9. The molecule has 0 aromatic carbocycles. The van der Waals surface area contributed by atoms with Crippen molar-refractivity contribution in [3.8, 4) is 0 Å². The van der Waals surface area contributed by atoms with Crippen molar-refractivity contribution in [2.75, 3.05) is 44.7 Å². The Balaban J connectivity index is 1.42. The number of amides is 2. The van der Waals surface area contributed by atoms with Crippen LogP contribution in [-0.4, -0.2) is 100 Å². The molecule has 0 spiro atoms. The fourth-order valence-electron chi connectivity index (χ4n) is 5.88. The molecular weight excluding hydrogens is 462 g/mol. The van der Waals surface area contributed by atoms with Crippen molar-refractivity contribution in [3.05, 3.63) is 18.1 Å². The third-order valence-electron chi connectivity index (χ3n) is 7.78. The highest BCUT2D eigenvalue weighted by Gasteiger charge is 2.39. The van der Waals surface area contributed by atoms with Crippen molar-refractivity contribution >= 4 is 23.9 Å². The van der Waals surface area contributed by atoms with E-state index >= 15 is 0 Å². The van der Waals surface area contributed by atoms with Crippen LogP contribution < -0.4 is 10.3 Å². The fraction of sp³-hybridized carbons (Fsp3) is 0.720. The van der Waals surface area contributed by atoms with Gasteiger partial charge in [-0.3, -0.25) is 24.6 Å². The van der Waals surface area contributed by atoms with Crippen LogP contribution in [-0.2, 0) is 20.8 Å². The van der Waals surface area contributed by atoms with Crippen molar-refractivity contribution in [1.29, 1.82) is 0 Å². The van der Waals surface area contributed by atoms with Gasteiger partial charge in [0.15, 0.2) is 5.78 Å². The molecule has 0 unspecified atom stereocenters. The molecule has 0 bridgehead atoms. The van der Waals surface area contributed by atoms with Gasteiger partial charge >= 0.3 is 0 Å². The van der Waals surface area contributed by atoms with Crippen molar-refractivity contribution in [3.63, 3.8) is 0 Å². The molecule has 1 saturated carbocycles. The van der Waals surface area contributed by atoms with Gasteiger partial charge in [-0.15, -0.1) is 0 Å². The van der Waals surface area contributed by atoms with E-state index in [1.165, 1.54) is 11.3 Å². The zero-order chi connectivity index (χ0) is 25.7. The molecule has 2 aliphatic heterocycles. The Kier molecular flexibility index (Phi) is 8.86. The lowest BCUT2D eigenvalue weighted by molar-refractivity contribution is -0.159. The molecule has 2 saturated heterocycles. The molecule has 3 fully saturated rings. The molecule has 3 aliphatic rings. The average Bonchev–Trinajstić information content (AvgIpc) is 3.55. The predicted molar refractivity (Wildman–Crippen MR) is 133 cm³/mol. The van der Waals surface area contributed by atoms with E-state index < -0.39 is 12.0 Å². The second kappa shape index (κ2) is 12.1. The first-order valence-electron chi connectivity index (χ1n) is 13.1. The number of ketones is 1. The number of carbonyl (C=O) groups is 3. The van der Waals surface area contributed by atoms with Crippen molar-refractivity contribution < 1.29 is 19.6 Å². The molecule has 1 aromatic heterocycles. The van der Waals surface area contributed by atoms with Gasteiger partial charge in [0, 0.05) is 38.3 Å². The first-order valence-corrected chi connectivity index (χ1v) is 13.1. The number of hydrazine groups is 1. The van der Waals surface area contributed by atoms with Gasteiger partial charge in [-0.25, -0.2) is 20.5 Å². The Bertz CT molecular complexity index is 925. The van der Waals surface area contributed by atoms with Crippen LogP contribution in [0.3, 0.4) is 0 Å². The summed E-state index contributed by atoms with van der Waals surface area (Å²) in [4.78, 5) is 51.2.